The molecule has 0 unspecified atom stereocenters. The molecule has 0 atom stereocenters. The molecule has 3 heteroatoms. The molecular weight excluding hydrogens is 294 g/mol. The van der Waals surface area contributed by atoms with Gasteiger partial charge in [0.1, 0.15) is 5.69 Å². The summed E-state index contributed by atoms with van der Waals surface area (Å²) in [5, 5.41) is 8.50. The SMILES string of the molecule is CC.CC.Cc1ccc(-c2cn(-c3cc(C)cc(C)c3)nn2)cc1. The van der Waals surface area contributed by atoms with Gasteiger partial charge in [-0.15, -0.1) is 5.10 Å². The summed E-state index contributed by atoms with van der Waals surface area (Å²) in [5.41, 5.74) is 6.74. The standard InChI is InChI=1S/C17H17N3.2C2H6/c1-12-4-6-15(7-5-12)17-11-20(19-18-17)16-9-13(2)8-14(3)10-16;2*1-2/h4-11H,1-3H3;2*1-2H3. The lowest BCUT2D eigenvalue weighted by Crippen LogP contribution is -1.96. The molecule has 0 fully saturated rings. The summed E-state index contributed by atoms with van der Waals surface area (Å²) in [7, 11) is 0. The minimum absolute atomic E-state index is 0.893. The van der Waals surface area contributed by atoms with E-state index in [1.165, 1.54) is 16.7 Å². The van der Waals surface area contributed by atoms with Crippen molar-refractivity contribution in [1.82, 2.24) is 15.0 Å². The third-order valence-corrected chi connectivity index (χ3v) is 3.31. The Morgan fingerprint density at radius 3 is 1.79 bits per heavy atom. The van der Waals surface area contributed by atoms with Gasteiger partial charge in [0.2, 0.25) is 0 Å². The zero-order valence-corrected chi connectivity index (χ0v) is 16.0. The Balaban J connectivity index is 0.000000671. The zero-order valence-electron chi connectivity index (χ0n) is 16.0. The van der Waals surface area contributed by atoms with Crippen LogP contribution in [0.4, 0.5) is 0 Å². The maximum absolute atomic E-state index is 4.26. The molecule has 0 aliphatic heterocycles. The molecule has 0 saturated carbocycles. The molecule has 0 amide bonds. The molecule has 1 heterocycles. The number of hydrogen-bond acceptors (Lipinski definition) is 2. The molecule has 0 spiro atoms. The Kier molecular flexibility index (Phi) is 7.90. The van der Waals surface area contributed by atoms with E-state index in [4.69, 9.17) is 0 Å². The van der Waals surface area contributed by atoms with Gasteiger partial charge in [0.15, 0.2) is 0 Å². The van der Waals surface area contributed by atoms with Crippen LogP contribution in [0.1, 0.15) is 44.4 Å². The van der Waals surface area contributed by atoms with Gasteiger partial charge in [0.05, 0.1) is 11.9 Å². The average Bonchev–Trinajstić information content (AvgIpc) is 3.08. The number of benzene rings is 2. The molecule has 24 heavy (non-hydrogen) atoms. The van der Waals surface area contributed by atoms with Crippen LogP contribution in [0, 0.1) is 20.8 Å². The van der Waals surface area contributed by atoms with Crippen LogP contribution >= 0.6 is 0 Å². The van der Waals surface area contributed by atoms with Crippen LogP contribution in [0.15, 0.2) is 48.7 Å². The molecule has 1 aromatic heterocycles. The summed E-state index contributed by atoms with van der Waals surface area (Å²) in [6, 6.07) is 14.7. The van der Waals surface area contributed by atoms with E-state index in [2.05, 4.69) is 73.5 Å². The molecule has 0 radical (unpaired) electrons. The lowest BCUT2D eigenvalue weighted by atomic mass is 10.1. The number of nitrogens with zero attached hydrogens (tertiary/aromatic N) is 3. The number of hydrogen-bond donors (Lipinski definition) is 0. The average molecular weight is 323 g/mol. The van der Waals surface area contributed by atoms with Gasteiger partial charge in [-0.2, -0.15) is 0 Å². The van der Waals surface area contributed by atoms with Crippen LogP contribution in [-0.4, -0.2) is 15.0 Å². The topological polar surface area (TPSA) is 30.7 Å². The molecule has 0 aliphatic carbocycles. The molecule has 3 rings (SSSR count). The summed E-state index contributed by atoms with van der Waals surface area (Å²) in [6.45, 7) is 14.3. The van der Waals surface area contributed by atoms with E-state index in [0.29, 0.717) is 0 Å². The first-order valence-corrected chi connectivity index (χ1v) is 8.70. The van der Waals surface area contributed by atoms with Crippen molar-refractivity contribution in [3.8, 4) is 16.9 Å². The van der Waals surface area contributed by atoms with Crippen LogP contribution < -0.4 is 0 Å². The van der Waals surface area contributed by atoms with Gasteiger partial charge in [-0.1, -0.05) is 68.8 Å². The van der Waals surface area contributed by atoms with Gasteiger partial charge in [0.25, 0.3) is 0 Å². The first kappa shape index (κ1) is 19.6. The zero-order chi connectivity index (χ0) is 18.1. The molecule has 3 aromatic rings. The fraction of sp³-hybridized carbons (Fsp3) is 0.333. The Morgan fingerprint density at radius 2 is 1.25 bits per heavy atom. The van der Waals surface area contributed by atoms with Crippen molar-refractivity contribution in [3.05, 3.63) is 65.4 Å². The fourth-order valence-corrected chi connectivity index (χ4v) is 2.33. The first-order valence-electron chi connectivity index (χ1n) is 8.70. The van der Waals surface area contributed by atoms with Crippen molar-refractivity contribution in [1.29, 1.82) is 0 Å². The third kappa shape index (κ3) is 5.05. The molecular formula is C21H29N3. The summed E-state index contributed by atoms with van der Waals surface area (Å²) in [6.07, 6.45) is 1.97. The summed E-state index contributed by atoms with van der Waals surface area (Å²) >= 11 is 0. The van der Waals surface area contributed by atoms with Crippen LogP contribution in [0.25, 0.3) is 16.9 Å². The molecule has 3 nitrogen and oxygen atoms in total. The highest BCUT2D eigenvalue weighted by Gasteiger charge is 2.06. The number of aromatic nitrogens is 3. The summed E-state index contributed by atoms with van der Waals surface area (Å²) in [4.78, 5) is 0. The fourth-order valence-electron chi connectivity index (χ4n) is 2.33. The van der Waals surface area contributed by atoms with Gasteiger partial charge in [0, 0.05) is 5.56 Å². The quantitative estimate of drug-likeness (QED) is 0.586. The van der Waals surface area contributed by atoms with Crippen molar-refractivity contribution in [2.45, 2.75) is 48.5 Å². The lowest BCUT2D eigenvalue weighted by molar-refractivity contribution is 0.802. The normalized spacial score (nSPS) is 9.46. The van der Waals surface area contributed by atoms with E-state index in [1.54, 1.807) is 0 Å². The highest BCUT2D eigenvalue weighted by molar-refractivity contribution is 5.58. The predicted octanol–water partition coefficient (Wildman–Crippen LogP) is 5.91. The second-order valence-corrected chi connectivity index (χ2v) is 5.26. The number of rotatable bonds is 2. The molecule has 128 valence electrons. The number of aryl methyl sites for hydroxylation is 3. The van der Waals surface area contributed by atoms with Gasteiger partial charge in [-0.25, -0.2) is 4.68 Å². The maximum Gasteiger partial charge on any atom is 0.113 e. The molecule has 0 aliphatic rings. The predicted molar refractivity (Wildman–Crippen MR) is 104 cm³/mol. The van der Waals surface area contributed by atoms with Gasteiger partial charge in [-0.3, -0.25) is 0 Å². The highest BCUT2D eigenvalue weighted by atomic mass is 15.4. The molecule has 2 aromatic carbocycles. The van der Waals surface area contributed by atoms with Gasteiger partial charge < -0.3 is 0 Å². The van der Waals surface area contributed by atoms with E-state index in [1.807, 2.05) is 38.6 Å². The van der Waals surface area contributed by atoms with Gasteiger partial charge >= 0.3 is 0 Å². The van der Waals surface area contributed by atoms with E-state index in [0.717, 1.165) is 16.9 Å². The second kappa shape index (κ2) is 9.66. The largest absolute Gasteiger partial charge is 0.220 e. The van der Waals surface area contributed by atoms with E-state index in [-0.39, 0.29) is 0 Å². The van der Waals surface area contributed by atoms with Crippen LogP contribution in [0.2, 0.25) is 0 Å². The minimum Gasteiger partial charge on any atom is -0.220 e. The summed E-state index contributed by atoms with van der Waals surface area (Å²) in [5.74, 6) is 0. The van der Waals surface area contributed by atoms with Crippen molar-refractivity contribution in [3.63, 3.8) is 0 Å². The van der Waals surface area contributed by atoms with Crippen molar-refractivity contribution in [2.75, 3.05) is 0 Å². The highest BCUT2D eigenvalue weighted by Crippen LogP contribution is 2.19. The Hall–Kier alpha value is -2.42. The first-order chi connectivity index (χ1) is 11.6. The molecule has 0 N–H and O–H groups in total. The van der Waals surface area contributed by atoms with Crippen molar-refractivity contribution in [2.24, 2.45) is 0 Å². The van der Waals surface area contributed by atoms with Crippen molar-refractivity contribution >= 4 is 0 Å². The Labute approximate surface area is 146 Å². The second-order valence-electron chi connectivity index (χ2n) is 5.26. The third-order valence-electron chi connectivity index (χ3n) is 3.31. The van der Waals surface area contributed by atoms with Crippen molar-refractivity contribution < 1.29 is 0 Å². The van der Waals surface area contributed by atoms with Gasteiger partial charge in [-0.05, 0) is 44.0 Å². The van der Waals surface area contributed by atoms with E-state index in [9.17, 15) is 0 Å². The minimum atomic E-state index is 0.893. The Morgan fingerprint density at radius 1 is 0.708 bits per heavy atom. The van der Waals surface area contributed by atoms with Crippen LogP contribution in [0.5, 0.6) is 0 Å². The van der Waals surface area contributed by atoms with Crippen LogP contribution in [-0.2, 0) is 0 Å². The Bertz CT molecular complexity index is 720. The smallest absolute Gasteiger partial charge is 0.113 e. The molecule has 0 saturated heterocycles. The maximum atomic E-state index is 4.26. The summed E-state index contributed by atoms with van der Waals surface area (Å²) < 4.78 is 1.83. The monoisotopic (exact) mass is 323 g/mol. The molecule has 0 bridgehead atoms. The lowest BCUT2D eigenvalue weighted by Gasteiger charge is -2.03. The van der Waals surface area contributed by atoms with Crippen LogP contribution in [0.3, 0.4) is 0 Å². The van der Waals surface area contributed by atoms with E-state index < -0.39 is 0 Å². The van der Waals surface area contributed by atoms with E-state index >= 15 is 0 Å².